The third-order valence-electron chi connectivity index (χ3n) is 4.37. The maximum absolute atomic E-state index is 6.08. The minimum atomic E-state index is 0.693. The van der Waals surface area contributed by atoms with Crippen molar-refractivity contribution in [3.8, 4) is 22.6 Å². The van der Waals surface area contributed by atoms with Crippen LogP contribution >= 0.6 is 0 Å². The largest absolute Gasteiger partial charge is 0.357 e. The van der Waals surface area contributed by atoms with Crippen molar-refractivity contribution in [3.63, 3.8) is 0 Å². The van der Waals surface area contributed by atoms with E-state index in [1.807, 2.05) is 88.4 Å². The van der Waals surface area contributed by atoms with Crippen molar-refractivity contribution in [1.82, 2.24) is 19.9 Å². The van der Waals surface area contributed by atoms with Crippen molar-refractivity contribution < 1.29 is 9.68 Å². The molecule has 0 aliphatic carbocycles. The summed E-state index contributed by atoms with van der Waals surface area (Å²) in [5.41, 5.74) is 5.49. The number of nitrogens with zero attached hydrogens (tertiary/aromatic N) is 4. The first-order valence-electron chi connectivity index (χ1n) is 9.13. The van der Waals surface area contributed by atoms with E-state index in [0.29, 0.717) is 11.5 Å². The predicted octanol–water partition coefficient (Wildman–Crippen LogP) is 4.66. The van der Waals surface area contributed by atoms with Gasteiger partial charge in [0, 0.05) is 11.1 Å². The Labute approximate surface area is 163 Å². The Morgan fingerprint density at radius 2 is 1.00 bits per heavy atom. The third kappa shape index (κ3) is 3.49. The van der Waals surface area contributed by atoms with E-state index in [1.165, 1.54) is 0 Å². The highest BCUT2D eigenvalue weighted by Gasteiger charge is 2.15. The summed E-state index contributed by atoms with van der Waals surface area (Å²) in [6, 6.07) is 19.6. The molecular formula is C22H22N4O2. The van der Waals surface area contributed by atoms with Crippen LogP contribution in [0.2, 0.25) is 0 Å². The molecule has 0 saturated heterocycles. The fourth-order valence-electron chi connectivity index (χ4n) is 3.13. The zero-order chi connectivity index (χ0) is 19.7. The van der Waals surface area contributed by atoms with Gasteiger partial charge in [0.1, 0.15) is 0 Å². The summed E-state index contributed by atoms with van der Waals surface area (Å²) in [6.45, 7) is 7.80. The van der Waals surface area contributed by atoms with Crippen molar-refractivity contribution in [2.45, 2.75) is 27.7 Å². The third-order valence-corrected chi connectivity index (χ3v) is 4.37. The van der Waals surface area contributed by atoms with E-state index in [0.717, 1.165) is 33.9 Å². The summed E-state index contributed by atoms with van der Waals surface area (Å²) in [6.07, 6.45) is 0. The summed E-state index contributed by atoms with van der Waals surface area (Å²) in [4.78, 5) is 15.2. The quantitative estimate of drug-likeness (QED) is 0.510. The average molecular weight is 374 g/mol. The van der Waals surface area contributed by atoms with E-state index >= 15 is 0 Å². The molecular weight excluding hydrogens is 352 g/mol. The van der Waals surface area contributed by atoms with Crippen molar-refractivity contribution in [1.29, 1.82) is 0 Å². The fourth-order valence-corrected chi connectivity index (χ4v) is 3.13. The zero-order valence-corrected chi connectivity index (χ0v) is 16.4. The van der Waals surface area contributed by atoms with E-state index in [9.17, 15) is 0 Å². The van der Waals surface area contributed by atoms with Gasteiger partial charge < -0.3 is 9.68 Å². The van der Waals surface area contributed by atoms with Crippen molar-refractivity contribution in [2.24, 2.45) is 0 Å². The average Bonchev–Trinajstić information content (AvgIpc) is 3.16. The van der Waals surface area contributed by atoms with Gasteiger partial charge in [-0.15, -0.1) is 10.2 Å². The molecule has 6 heteroatoms. The van der Waals surface area contributed by atoms with Gasteiger partial charge in [0.2, 0.25) is 0 Å². The van der Waals surface area contributed by atoms with Crippen LogP contribution in [0.1, 0.15) is 22.8 Å². The molecule has 0 aliphatic rings. The lowest BCUT2D eigenvalue weighted by molar-refractivity contribution is 0.169. The topological polar surface area (TPSA) is 54.1 Å². The summed E-state index contributed by atoms with van der Waals surface area (Å²) in [5, 5.41) is 8.79. The molecule has 142 valence electrons. The highest BCUT2D eigenvalue weighted by Crippen LogP contribution is 2.36. The number of hydrogen-bond donors (Lipinski definition) is 0. The highest BCUT2D eigenvalue weighted by atomic mass is 16.7. The number of aryl methyl sites for hydroxylation is 4. The normalized spacial score (nSPS) is 10.9. The molecule has 2 heterocycles. The van der Waals surface area contributed by atoms with Crippen molar-refractivity contribution >= 4 is 0 Å². The molecule has 28 heavy (non-hydrogen) atoms. The summed E-state index contributed by atoms with van der Waals surface area (Å²) < 4.78 is 0. The van der Waals surface area contributed by atoms with E-state index in [1.54, 1.807) is 9.69 Å². The van der Waals surface area contributed by atoms with Crippen LogP contribution in [0.4, 0.5) is 0 Å². The van der Waals surface area contributed by atoms with Gasteiger partial charge in [0.15, 0.2) is 11.5 Å². The van der Waals surface area contributed by atoms with Crippen LogP contribution in [0.15, 0.2) is 60.7 Å². The predicted molar refractivity (Wildman–Crippen MR) is 107 cm³/mol. The van der Waals surface area contributed by atoms with Gasteiger partial charge in [-0.2, -0.15) is 0 Å². The number of hydrogen-bond acceptors (Lipinski definition) is 4. The molecule has 0 bridgehead atoms. The number of rotatable bonds is 5. The van der Waals surface area contributed by atoms with E-state index in [2.05, 4.69) is 10.2 Å². The zero-order valence-electron chi connectivity index (χ0n) is 16.4. The molecule has 0 radical (unpaired) electrons. The molecule has 0 atom stereocenters. The maximum atomic E-state index is 6.08. The van der Waals surface area contributed by atoms with Gasteiger partial charge in [-0.3, -0.25) is 0 Å². The van der Waals surface area contributed by atoms with Gasteiger partial charge in [0.25, 0.3) is 0 Å². The molecule has 0 spiro atoms. The monoisotopic (exact) mass is 374 g/mol. The molecule has 0 saturated carbocycles. The Kier molecular flexibility index (Phi) is 4.61. The van der Waals surface area contributed by atoms with Crippen LogP contribution in [0, 0.1) is 27.7 Å². The Morgan fingerprint density at radius 1 is 0.607 bits per heavy atom. The molecule has 4 rings (SSSR count). The van der Waals surface area contributed by atoms with E-state index in [4.69, 9.17) is 9.68 Å². The molecule has 2 aromatic heterocycles. The summed E-state index contributed by atoms with van der Waals surface area (Å²) in [5.74, 6) is 1.39. The lowest BCUT2D eigenvalue weighted by Crippen LogP contribution is -2.11. The second-order valence-electron chi connectivity index (χ2n) is 6.77. The lowest BCUT2D eigenvalue weighted by atomic mass is 10.0. The van der Waals surface area contributed by atoms with Crippen LogP contribution < -0.4 is 9.68 Å². The number of aromatic nitrogens is 4. The second-order valence-corrected chi connectivity index (χ2v) is 6.77. The first-order valence-corrected chi connectivity index (χ1v) is 9.13. The Bertz CT molecular complexity index is 1040. The minimum absolute atomic E-state index is 0.693. The summed E-state index contributed by atoms with van der Waals surface area (Å²) in [7, 11) is 0. The van der Waals surface area contributed by atoms with Gasteiger partial charge in [-0.25, -0.2) is 0 Å². The van der Waals surface area contributed by atoms with Crippen LogP contribution in [0.3, 0.4) is 0 Å². The number of para-hydroxylation sites is 2. The Balaban J connectivity index is 1.74. The molecule has 2 aromatic carbocycles. The van der Waals surface area contributed by atoms with Gasteiger partial charge in [0.05, 0.1) is 22.8 Å². The van der Waals surface area contributed by atoms with Crippen LogP contribution in [-0.2, 0) is 0 Å². The molecule has 4 aromatic rings. The van der Waals surface area contributed by atoms with E-state index < -0.39 is 0 Å². The SMILES string of the molecule is Cc1cc(C)n(Oc2ccccc2-c2ccccc2On2nc(C)cc2C)n1. The number of benzene rings is 2. The molecule has 0 N–H and O–H groups in total. The van der Waals surface area contributed by atoms with Crippen molar-refractivity contribution in [3.05, 3.63) is 83.4 Å². The Morgan fingerprint density at radius 3 is 1.36 bits per heavy atom. The molecule has 0 amide bonds. The summed E-state index contributed by atoms with van der Waals surface area (Å²) >= 11 is 0. The molecule has 0 fully saturated rings. The fraction of sp³-hybridized carbons (Fsp3) is 0.182. The van der Waals surface area contributed by atoms with Crippen LogP contribution in [0.25, 0.3) is 11.1 Å². The van der Waals surface area contributed by atoms with E-state index in [-0.39, 0.29) is 0 Å². The maximum Gasteiger partial charge on any atom is 0.165 e. The molecule has 6 nitrogen and oxygen atoms in total. The molecule has 0 unspecified atom stereocenters. The first-order chi connectivity index (χ1) is 13.5. The first kappa shape index (κ1) is 17.9. The standard InChI is InChI=1S/C22H22N4O2/c1-15-13-17(3)25(23-15)27-21-11-7-5-9-19(21)20-10-6-8-12-22(20)28-26-18(4)14-16(2)24-26/h5-14H,1-4H3. The van der Waals surface area contributed by atoms with Gasteiger partial charge in [-0.1, -0.05) is 46.1 Å². The van der Waals surface area contributed by atoms with Crippen LogP contribution in [0.5, 0.6) is 11.5 Å². The molecule has 0 aliphatic heterocycles. The van der Waals surface area contributed by atoms with Gasteiger partial charge >= 0.3 is 0 Å². The smallest absolute Gasteiger partial charge is 0.165 e. The van der Waals surface area contributed by atoms with Crippen LogP contribution in [-0.4, -0.2) is 19.9 Å². The Hall–Kier alpha value is -3.54. The lowest BCUT2D eigenvalue weighted by Gasteiger charge is -2.15. The minimum Gasteiger partial charge on any atom is -0.357 e. The highest BCUT2D eigenvalue weighted by molar-refractivity contribution is 5.75. The van der Waals surface area contributed by atoms with Crippen molar-refractivity contribution in [2.75, 3.05) is 0 Å². The van der Waals surface area contributed by atoms with Gasteiger partial charge in [-0.05, 0) is 52.0 Å². The second kappa shape index (κ2) is 7.23.